The molecule has 2 N–H and O–H groups in total. The van der Waals surface area contributed by atoms with Crippen molar-refractivity contribution >= 4 is 27.5 Å². The van der Waals surface area contributed by atoms with Crippen molar-refractivity contribution in [2.24, 2.45) is 0 Å². The van der Waals surface area contributed by atoms with Gasteiger partial charge < -0.3 is 10.4 Å². The molecule has 0 aliphatic carbocycles. The third-order valence-corrected chi connectivity index (χ3v) is 3.70. The van der Waals surface area contributed by atoms with Crippen molar-refractivity contribution in [1.29, 1.82) is 0 Å². The lowest BCUT2D eigenvalue weighted by molar-refractivity contribution is 0.102. The number of nitrogens with one attached hydrogen (secondary N) is 1. The topological polar surface area (TPSA) is 49.3 Å². The van der Waals surface area contributed by atoms with Crippen molar-refractivity contribution in [3.63, 3.8) is 0 Å². The Morgan fingerprint density at radius 2 is 1.89 bits per heavy atom. The molecular weight excluding hydrogens is 306 g/mol. The highest BCUT2D eigenvalue weighted by molar-refractivity contribution is 9.10. The van der Waals surface area contributed by atoms with E-state index >= 15 is 0 Å². The summed E-state index contributed by atoms with van der Waals surface area (Å²) in [6.45, 7) is 1.94. The Kier molecular flexibility index (Phi) is 4.35. The Bertz CT molecular complexity index is 594. The standard InChI is InChI=1S/C15H14BrNO2/c1-10-8-12(4-7-14(10)16)15(19)17-13-5-2-11(9-18)3-6-13/h2-8,18H,9H2,1H3,(H,17,19). The number of aliphatic hydroxyl groups excluding tert-OH is 1. The summed E-state index contributed by atoms with van der Waals surface area (Å²) in [5, 5.41) is 11.8. The van der Waals surface area contributed by atoms with Crippen LogP contribution in [0, 0.1) is 6.92 Å². The van der Waals surface area contributed by atoms with Gasteiger partial charge in [0.1, 0.15) is 0 Å². The van der Waals surface area contributed by atoms with Crippen molar-refractivity contribution in [3.05, 3.63) is 63.6 Å². The Balaban J connectivity index is 2.13. The van der Waals surface area contributed by atoms with Gasteiger partial charge in [-0.05, 0) is 48.4 Å². The largest absolute Gasteiger partial charge is 0.392 e. The normalized spacial score (nSPS) is 10.3. The summed E-state index contributed by atoms with van der Waals surface area (Å²) in [7, 11) is 0. The van der Waals surface area contributed by atoms with Gasteiger partial charge in [0.25, 0.3) is 5.91 Å². The highest BCUT2D eigenvalue weighted by atomic mass is 79.9. The molecule has 0 saturated heterocycles. The predicted molar refractivity (Wildman–Crippen MR) is 79.2 cm³/mol. The fourth-order valence-corrected chi connectivity index (χ4v) is 1.93. The SMILES string of the molecule is Cc1cc(C(=O)Nc2ccc(CO)cc2)ccc1Br. The molecule has 4 heteroatoms. The summed E-state index contributed by atoms with van der Waals surface area (Å²) in [4.78, 5) is 12.1. The minimum atomic E-state index is -0.146. The van der Waals surface area contributed by atoms with Crippen molar-refractivity contribution in [2.75, 3.05) is 5.32 Å². The van der Waals surface area contributed by atoms with E-state index in [1.165, 1.54) is 0 Å². The van der Waals surface area contributed by atoms with Crippen molar-refractivity contribution in [1.82, 2.24) is 0 Å². The number of hydrogen-bond donors (Lipinski definition) is 2. The van der Waals surface area contributed by atoms with Gasteiger partial charge in [0, 0.05) is 15.7 Å². The third kappa shape index (κ3) is 3.43. The lowest BCUT2D eigenvalue weighted by Gasteiger charge is -2.07. The lowest BCUT2D eigenvalue weighted by atomic mass is 10.1. The van der Waals surface area contributed by atoms with E-state index in [-0.39, 0.29) is 12.5 Å². The summed E-state index contributed by atoms with van der Waals surface area (Å²) in [6.07, 6.45) is 0. The molecule has 2 aromatic rings. The first kappa shape index (κ1) is 13.8. The number of carbonyl (C=O) groups is 1. The number of carbonyl (C=O) groups excluding carboxylic acids is 1. The molecule has 0 heterocycles. The first-order chi connectivity index (χ1) is 9.10. The molecule has 98 valence electrons. The Morgan fingerprint density at radius 3 is 2.47 bits per heavy atom. The second-order valence-corrected chi connectivity index (χ2v) is 5.13. The number of aliphatic hydroxyl groups is 1. The molecule has 0 radical (unpaired) electrons. The number of amides is 1. The second-order valence-electron chi connectivity index (χ2n) is 4.27. The van der Waals surface area contributed by atoms with E-state index in [0.29, 0.717) is 11.3 Å². The van der Waals surface area contributed by atoms with Crippen molar-refractivity contribution in [3.8, 4) is 0 Å². The third-order valence-electron chi connectivity index (χ3n) is 2.81. The molecule has 2 rings (SSSR count). The van der Waals surface area contributed by atoms with E-state index in [0.717, 1.165) is 15.6 Å². The first-order valence-corrected chi connectivity index (χ1v) is 6.67. The van der Waals surface area contributed by atoms with Crippen LogP contribution in [0.15, 0.2) is 46.9 Å². The van der Waals surface area contributed by atoms with Crippen LogP contribution in [0.2, 0.25) is 0 Å². The number of aryl methyl sites for hydroxylation is 1. The Hall–Kier alpha value is -1.65. The van der Waals surface area contributed by atoms with E-state index < -0.39 is 0 Å². The summed E-state index contributed by atoms with van der Waals surface area (Å²) < 4.78 is 0.983. The monoisotopic (exact) mass is 319 g/mol. The van der Waals surface area contributed by atoms with Crippen LogP contribution in [-0.2, 0) is 6.61 Å². The maximum Gasteiger partial charge on any atom is 0.255 e. The van der Waals surface area contributed by atoms with Crippen LogP contribution in [-0.4, -0.2) is 11.0 Å². The van der Waals surface area contributed by atoms with Gasteiger partial charge in [0.15, 0.2) is 0 Å². The average molecular weight is 320 g/mol. The maximum atomic E-state index is 12.1. The Morgan fingerprint density at radius 1 is 1.21 bits per heavy atom. The molecule has 0 spiro atoms. The number of halogens is 1. The van der Waals surface area contributed by atoms with Crippen LogP contribution >= 0.6 is 15.9 Å². The zero-order valence-electron chi connectivity index (χ0n) is 10.5. The molecule has 0 unspecified atom stereocenters. The number of benzene rings is 2. The molecule has 1 amide bonds. The maximum absolute atomic E-state index is 12.1. The minimum Gasteiger partial charge on any atom is -0.392 e. The number of anilines is 1. The van der Waals surface area contributed by atoms with Gasteiger partial charge in [-0.1, -0.05) is 28.1 Å². The smallest absolute Gasteiger partial charge is 0.255 e. The Labute approximate surface area is 120 Å². The van der Waals surface area contributed by atoms with Crippen LogP contribution in [0.4, 0.5) is 5.69 Å². The van der Waals surface area contributed by atoms with Gasteiger partial charge in [0.05, 0.1) is 6.61 Å². The van der Waals surface area contributed by atoms with Gasteiger partial charge >= 0.3 is 0 Å². The highest BCUT2D eigenvalue weighted by Gasteiger charge is 2.07. The fraction of sp³-hybridized carbons (Fsp3) is 0.133. The quantitative estimate of drug-likeness (QED) is 0.909. The summed E-state index contributed by atoms with van der Waals surface area (Å²) in [5.41, 5.74) is 3.16. The van der Waals surface area contributed by atoms with Crippen LogP contribution in [0.25, 0.3) is 0 Å². The first-order valence-electron chi connectivity index (χ1n) is 5.87. The molecule has 0 aromatic heterocycles. The molecule has 0 aliphatic rings. The molecule has 2 aromatic carbocycles. The van der Waals surface area contributed by atoms with Gasteiger partial charge in [-0.25, -0.2) is 0 Å². The van der Waals surface area contributed by atoms with Crippen molar-refractivity contribution in [2.45, 2.75) is 13.5 Å². The van der Waals surface area contributed by atoms with Gasteiger partial charge in [-0.2, -0.15) is 0 Å². The molecule has 3 nitrogen and oxygen atoms in total. The van der Waals surface area contributed by atoms with Gasteiger partial charge in [0.2, 0.25) is 0 Å². The predicted octanol–water partition coefficient (Wildman–Crippen LogP) is 3.50. The van der Waals surface area contributed by atoms with Crippen LogP contribution in [0.3, 0.4) is 0 Å². The lowest BCUT2D eigenvalue weighted by Crippen LogP contribution is -2.12. The number of rotatable bonds is 3. The van der Waals surface area contributed by atoms with E-state index in [1.54, 1.807) is 30.3 Å². The molecule has 0 fully saturated rings. The fourth-order valence-electron chi connectivity index (χ4n) is 1.68. The zero-order chi connectivity index (χ0) is 13.8. The molecule has 0 saturated carbocycles. The van der Waals surface area contributed by atoms with E-state index in [1.807, 2.05) is 19.1 Å². The van der Waals surface area contributed by atoms with E-state index in [4.69, 9.17) is 5.11 Å². The van der Waals surface area contributed by atoms with Crippen molar-refractivity contribution < 1.29 is 9.90 Å². The highest BCUT2D eigenvalue weighted by Crippen LogP contribution is 2.18. The van der Waals surface area contributed by atoms with E-state index in [2.05, 4.69) is 21.2 Å². The summed E-state index contributed by atoms with van der Waals surface area (Å²) >= 11 is 3.41. The average Bonchev–Trinajstić information content (AvgIpc) is 2.42. The van der Waals surface area contributed by atoms with Crippen LogP contribution < -0.4 is 5.32 Å². The van der Waals surface area contributed by atoms with Crippen LogP contribution in [0.1, 0.15) is 21.5 Å². The molecule has 0 atom stereocenters. The van der Waals surface area contributed by atoms with Gasteiger partial charge in [-0.3, -0.25) is 4.79 Å². The summed E-state index contributed by atoms with van der Waals surface area (Å²) in [6, 6.07) is 12.6. The minimum absolute atomic E-state index is 0.000132. The van der Waals surface area contributed by atoms with Crippen LogP contribution in [0.5, 0.6) is 0 Å². The van der Waals surface area contributed by atoms with Gasteiger partial charge in [-0.15, -0.1) is 0 Å². The summed E-state index contributed by atoms with van der Waals surface area (Å²) in [5.74, 6) is -0.146. The zero-order valence-corrected chi connectivity index (χ0v) is 12.1. The molecular formula is C15H14BrNO2. The van der Waals surface area contributed by atoms with E-state index in [9.17, 15) is 4.79 Å². The molecule has 19 heavy (non-hydrogen) atoms. The number of hydrogen-bond acceptors (Lipinski definition) is 2. The second kappa shape index (κ2) is 5.99. The molecule has 0 bridgehead atoms. The molecule has 0 aliphatic heterocycles.